The van der Waals surface area contributed by atoms with Gasteiger partial charge >= 0.3 is 0 Å². The average Bonchev–Trinajstić information content (AvgIpc) is 3.55. The van der Waals surface area contributed by atoms with Crippen molar-refractivity contribution in [3.05, 3.63) is 0 Å². The Kier molecular flexibility index (Phi) is 8.71. The second-order valence-corrected chi connectivity index (χ2v) is 18.4. The average molecular weight is 655 g/mol. The van der Waals surface area contributed by atoms with Crippen molar-refractivity contribution in [2.24, 2.45) is 50.7 Å². The van der Waals surface area contributed by atoms with Gasteiger partial charge in [0.2, 0.25) is 0 Å². The number of hydrogen-bond donors (Lipinski definition) is 8. The van der Waals surface area contributed by atoms with Crippen LogP contribution in [0.1, 0.15) is 106 Å². The molecule has 1 heterocycles. The van der Waals surface area contributed by atoms with Crippen LogP contribution in [0.5, 0.6) is 0 Å². The van der Waals surface area contributed by atoms with Gasteiger partial charge in [-0.2, -0.15) is 0 Å². The molecule has 46 heavy (non-hydrogen) atoms. The lowest BCUT2D eigenvalue weighted by Gasteiger charge is -2.64. The molecular formula is C36H62O10. The van der Waals surface area contributed by atoms with Crippen molar-refractivity contribution in [2.45, 2.75) is 167 Å². The number of fused-ring (bicyclic) bond motifs is 2. The molecule has 0 unspecified atom stereocenters. The first-order chi connectivity index (χ1) is 21.2. The highest BCUT2D eigenvalue weighted by molar-refractivity contribution is 5.32. The molecule has 8 N–H and O–H groups in total. The zero-order valence-electron chi connectivity index (χ0n) is 29.0. The summed E-state index contributed by atoms with van der Waals surface area (Å²) in [6.45, 7) is 14.0. The van der Waals surface area contributed by atoms with Gasteiger partial charge in [-0.3, -0.25) is 0 Å². The molecule has 6 aliphatic rings. The van der Waals surface area contributed by atoms with E-state index in [-0.39, 0.29) is 51.4 Å². The SMILES string of the molecule is C[C@H](CC[C@@H](O)C(C)(C)O)[C@@H]1[C@@H](O)C[C@@]2(C)[C@@H]3C[C@H](O)[C@H]4C(C)(C)[C@@H](O[C@@H]5O[C@H](CO)[C@@H](O)[C@H](O)[C@H]5O)CC[C@@]45C[C@@]35CC[C@]12C. The van der Waals surface area contributed by atoms with Gasteiger partial charge in [0.1, 0.15) is 24.4 Å². The Bertz CT molecular complexity index is 1140. The summed E-state index contributed by atoms with van der Waals surface area (Å²) in [6.07, 6.45) is -1.55. The van der Waals surface area contributed by atoms with Gasteiger partial charge in [0, 0.05) is 0 Å². The van der Waals surface area contributed by atoms with Gasteiger partial charge in [-0.25, -0.2) is 0 Å². The monoisotopic (exact) mass is 654 g/mol. The zero-order chi connectivity index (χ0) is 34.0. The quantitative estimate of drug-likeness (QED) is 0.181. The lowest BCUT2D eigenvalue weighted by atomic mass is 9.41. The van der Waals surface area contributed by atoms with Crippen molar-refractivity contribution in [1.29, 1.82) is 0 Å². The van der Waals surface area contributed by atoms with E-state index < -0.39 is 66.6 Å². The first-order valence-corrected chi connectivity index (χ1v) is 17.9. The molecule has 6 fully saturated rings. The molecule has 0 amide bonds. The van der Waals surface area contributed by atoms with E-state index in [1.54, 1.807) is 13.8 Å². The Balaban J connectivity index is 1.22. The molecule has 1 saturated heterocycles. The molecule has 6 rings (SSSR count). The minimum Gasteiger partial charge on any atom is -0.394 e. The Morgan fingerprint density at radius 3 is 2.17 bits per heavy atom. The van der Waals surface area contributed by atoms with E-state index in [4.69, 9.17) is 9.47 Å². The van der Waals surface area contributed by atoms with Crippen molar-refractivity contribution in [3.63, 3.8) is 0 Å². The molecular weight excluding hydrogens is 592 g/mol. The number of ether oxygens (including phenoxy) is 2. The molecule has 2 spiro atoms. The maximum Gasteiger partial charge on any atom is 0.186 e. The van der Waals surface area contributed by atoms with Crippen LogP contribution in [0, 0.1) is 50.7 Å². The van der Waals surface area contributed by atoms with Crippen molar-refractivity contribution in [3.8, 4) is 0 Å². The predicted molar refractivity (Wildman–Crippen MR) is 169 cm³/mol. The Labute approximate surface area is 274 Å². The summed E-state index contributed by atoms with van der Waals surface area (Å²) < 4.78 is 12.1. The largest absolute Gasteiger partial charge is 0.394 e. The smallest absolute Gasteiger partial charge is 0.186 e. The number of hydrogen-bond acceptors (Lipinski definition) is 10. The van der Waals surface area contributed by atoms with Crippen LogP contribution >= 0.6 is 0 Å². The molecule has 10 nitrogen and oxygen atoms in total. The molecule has 17 atom stereocenters. The van der Waals surface area contributed by atoms with Gasteiger partial charge in [0.25, 0.3) is 0 Å². The summed E-state index contributed by atoms with van der Waals surface area (Å²) in [7, 11) is 0. The van der Waals surface area contributed by atoms with Crippen molar-refractivity contribution < 1.29 is 50.3 Å². The van der Waals surface area contributed by atoms with Gasteiger partial charge in [0.15, 0.2) is 6.29 Å². The maximum absolute atomic E-state index is 12.1. The van der Waals surface area contributed by atoms with Crippen LogP contribution in [0.2, 0.25) is 0 Å². The minimum absolute atomic E-state index is 0.0304. The lowest BCUT2D eigenvalue weighted by Crippen LogP contribution is -2.63. The van der Waals surface area contributed by atoms with E-state index in [9.17, 15) is 40.9 Å². The zero-order valence-corrected chi connectivity index (χ0v) is 29.0. The van der Waals surface area contributed by atoms with E-state index in [1.165, 1.54) is 0 Å². The number of aliphatic hydroxyl groups excluding tert-OH is 7. The third kappa shape index (κ3) is 4.78. The van der Waals surface area contributed by atoms with E-state index in [2.05, 4.69) is 34.6 Å². The highest BCUT2D eigenvalue weighted by Crippen LogP contribution is 2.89. The van der Waals surface area contributed by atoms with E-state index >= 15 is 0 Å². The first kappa shape index (κ1) is 35.4. The minimum atomic E-state index is -1.50. The fourth-order valence-corrected chi connectivity index (χ4v) is 13.0. The third-order valence-electron chi connectivity index (χ3n) is 15.5. The fraction of sp³-hybridized carbons (Fsp3) is 1.00. The van der Waals surface area contributed by atoms with Crippen LogP contribution in [-0.4, -0.2) is 108 Å². The number of aliphatic hydroxyl groups is 8. The molecule has 0 aromatic carbocycles. The molecule has 10 heteroatoms. The molecule has 5 aliphatic carbocycles. The van der Waals surface area contributed by atoms with Crippen molar-refractivity contribution in [2.75, 3.05) is 6.61 Å². The normalized spacial score (nSPS) is 54.2. The summed E-state index contributed by atoms with van der Waals surface area (Å²) in [5.41, 5.74) is -1.85. The van der Waals surface area contributed by atoms with Crippen LogP contribution < -0.4 is 0 Å². The third-order valence-corrected chi connectivity index (χ3v) is 15.5. The van der Waals surface area contributed by atoms with Gasteiger partial charge in [-0.1, -0.05) is 34.6 Å². The first-order valence-electron chi connectivity index (χ1n) is 17.9. The highest BCUT2D eigenvalue weighted by atomic mass is 16.7. The van der Waals surface area contributed by atoms with Crippen LogP contribution in [0.3, 0.4) is 0 Å². The second kappa shape index (κ2) is 11.3. The Morgan fingerprint density at radius 2 is 1.54 bits per heavy atom. The van der Waals surface area contributed by atoms with Gasteiger partial charge < -0.3 is 50.3 Å². The van der Waals surface area contributed by atoms with Gasteiger partial charge in [-0.15, -0.1) is 0 Å². The maximum atomic E-state index is 12.1. The molecule has 266 valence electrons. The van der Waals surface area contributed by atoms with Crippen LogP contribution in [0.25, 0.3) is 0 Å². The summed E-state index contributed by atoms with van der Waals surface area (Å²) in [6, 6.07) is 0. The molecule has 5 saturated carbocycles. The van der Waals surface area contributed by atoms with Crippen LogP contribution in [0.15, 0.2) is 0 Å². The predicted octanol–water partition coefficient (Wildman–Crippen LogP) is 2.10. The topological polar surface area (TPSA) is 180 Å². The summed E-state index contributed by atoms with van der Waals surface area (Å²) in [5.74, 6) is 0.499. The standard InChI is InChI=1S/C36H62O10/c1-18(8-9-23(40)32(4,5)44)25-20(39)15-34(7)22-14-19(38)29-31(2,3)24(46-30-28(43)27(42)26(41)21(16-37)45-30)10-11-36(29)17-35(22,36)13-12-33(25,34)6/h18-30,37-44H,8-17H2,1-7H3/t18-,19+,20+,21-,22+,23-,24+,25-,26-,27+,28-,29+,30+,33-,34+,35+,36-/m1/s1. The molecule has 0 radical (unpaired) electrons. The molecule has 0 aromatic heterocycles. The van der Waals surface area contributed by atoms with E-state index in [0.717, 1.165) is 32.1 Å². The molecule has 0 aromatic rings. The molecule has 0 bridgehead atoms. The van der Waals surface area contributed by atoms with Crippen molar-refractivity contribution >= 4 is 0 Å². The summed E-state index contributed by atoms with van der Waals surface area (Å²) in [4.78, 5) is 0. The summed E-state index contributed by atoms with van der Waals surface area (Å²) in [5, 5.41) is 85.7. The van der Waals surface area contributed by atoms with E-state index in [0.29, 0.717) is 25.7 Å². The number of rotatable bonds is 8. The Morgan fingerprint density at radius 1 is 0.870 bits per heavy atom. The second-order valence-electron chi connectivity index (χ2n) is 18.4. The van der Waals surface area contributed by atoms with Crippen LogP contribution in [0.4, 0.5) is 0 Å². The van der Waals surface area contributed by atoms with Crippen LogP contribution in [-0.2, 0) is 9.47 Å². The van der Waals surface area contributed by atoms with E-state index in [1.807, 2.05) is 0 Å². The fourth-order valence-electron chi connectivity index (χ4n) is 13.0. The highest BCUT2D eigenvalue weighted by Gasteiger charge is 2.84. The molecule has 1 aliphatic heterocycles. The van der Waals surface area contributed by atoms with Gasteiger partial charge in [0.05, 0.1) is 36.6 Å². The lowest BCUT2D eigenvalue weighted by molar-refractivity contribution is -0.329. The Hall–Kier alpha value is -0.400. The van der Waals surface area contributed by atoms with Crippen molar-refractivity contribution in [1.82, 2.24) is 0 Å². The van der Waals surface area contributed by atoms with Gasteiger partial charge in [-0.05, 0) is 122 Å². The summed E-state index contributed by atoms with van der Waals surface area (Å²) >= 11 is 0.